The van der Waals surface area contributed by atoms with Crippen LogP contribution in [-0.4, -0.2) is 22.6 Å². The predicted molar refractivity (Wildman–Crippen MR) is 124 cm³/mol. The fraction of sp³-hybridized carbons (Fsp3) is 0.120. The van der Waals surface area contributed by atoms with Gasteiger partial charge in [-0.15, -0.1) is 0 Å². The largest absolute Gasteiger partial charge is 0.368 e. The minimum absolute atomic E-state index is 0.0568. The van der Waals surface area contributed by atoms with Crippen LogP contribution in [0.2, 0.25) is 5.02 Å². The molecule has 3 N–H and O–H groups in total. The fourth-order valence-electron chi connectivity index (χ4n) is 3.41. The molecule has 0 amide bonds. The first kappa shape index (κ1) is 21.0. The second-order valence-electron chi connectivity index (χ2n) is 7.29. The lowest BCUT2D eigenvalue weighted by Gasteiger charge is -2.16. The third-order valence-electron chi connectivity index (χ3n) is 4.97. The number of anilines is 1. The molecule has 2 heterocycles. The van der Waals surface area contributed by atoms with Gasteiger partial charge >= 0.3 is 0 Å². The van der Waals surface area contributed by atoms with Gasteiger partial charge in [0.05, 0.1) is 10.7 Å². The van der Waals surface area contributed by atoms with Crippen LogP contribution in [-0.2, 0) is 6.42 Å². The van der Waals surface area contributed by atoms with E-state index in [0.29, 0.717) is 17.9 Å². The number of nitrogens with one attached hydrogen (secondary N) is 1. The van der Waals surface area contributed by atoms with Crippen LogP contribution in [0.4, 0.5) is 10.2 Å². The quantitative estimate of drug-likeness (QED) is 0.400. The summed E-state index contributed by atoms with van der Waals surface area (Å²) in [4.78, 5) is 8.88. The van der Waals surface area contributed by atoms with E-state index >= 15 is 0 Å². The number of hydrogen-bond donors (Lipinski definition) is 2. The number of rotatable bonds is 7. The second-order valence-corrected chi connectivity index (χ2v) is 7.70. The smallest absolute Gasteiger partial charge is 0.142 e. The van der Waals surface area contributed by atoms with Gasteiger partial charge in [-0.05, 0) is 53.9 Å². The van der Waals surface area contributed by atoms with Gasteiger partial charge in [0.1, 0.15) is 11.6 Å². The standard InChI is InChI=1S/C25H22ClFN4/c26-22-8-6-19(15-23(22)27)21-7-9-24(31-25(21)18-10-12-29-13-11-18)30-16-20(28)14-17-4-2-1-3-5-17/h1-13,15,20H,14,16,28H2,(H,30,31)/t20-/m0/s1. The first-order chi connectivity index (χ1) is 15.1. The van der Waals surface area contributed by atoms with Gasteiger partial charge in [-0.2, -0.15) is 0 Å². The Morgan fingerprint density at radius 3 is 2.45 bits per heavy atom. The molecule has 4 aromatic rings. The van der Waals surface area contributed by atoms with E-state index in [4.69, 9.17) is 22.3 Å². The Hall–Kier alpha value is -3.28. The minimum Gasteiger partial charge on any atom is -0.368 e. The maximum absolute atomic E-state index is 14.1. The molecule has 0 aliphatic heterocycles. The molecule has 6 heteroatoms. The summed E-state index contributed by atoms with van der Waals surface area (Å²) >= 11 is 5.86. The molecule has 4 nitrogen and oxygen atoms in total. The topological polar surface area (TPSA) is 63.8 Å². The zero-order valence-electron chi connectivity index (χ0n) is 16.8. The van der Waals surface area contributed by atoms with Crippen molar-refractivity contribution in [1.82, 2.24) is 9.97 Å². The number of halogens is 2. The summed E-state index contributed by atoms with van der Waals surface area (Å²) in [6, 6.07) is 22.4. The number of nitrogens with zero attached hydrogens (tertiary/aromatic N) is 2. The molecule has 2 aromatic heterocycles. The molecule has 0 bridgehead atoms. The van der Waals surface area contributed by atoms with Crippen molar-refractivity contribution in [3.8, 4) is 22.4 Å². The highest BCUT2D eigenvalue weighted by Gasteiger charge is 2.13. The van der Waals surface area contributed by atoms with Gasteiger partial charge in [0, 0.05) is 36.1 Å². The van der Waals surface area contributed by atoms with Crippen LogP contribution in [0.5, 0.6) is 0 Å². The summed E-state index contributed by atoms with van der Waals surface area (Å²) in [5, 5.41) is 3.42. The summed E-state index contributed by atoms with van der Waals surface area (Å²) in [7, 11) is 0. The monoisotopic (exact) mass is 432 g/mol. The van der Waals surface area contributed by atoms with Crippen molar-refractivity contribution in [3.63, 3.8) is 0 Å². The van der Waals surface area contributed by atoms with Crippen LogP contribution < -0.4 is 11.1 Å². The van der Waals surface area contributed by atoms with Crippen LogP contribution >= 0.6 is 11.6 Å². The zero-order valence-corrected chi connectivity index (χ0v) is 17.6. The van der Waals surface area contributed by atoms with Gasteiger partial charge in [-0.3, -0.25) is 4.98 Å². The van der Waals surface area contributed by atoms with Crippen molar-refractivity contribution in [2.45, 2.75) is 12.5 Å². The SMILES string of the molecule is N[C@H](CNc1ccc(-c2ccc(Cl)c(F)c2)c(-c2ccncc2)n1)Cc1ccccc1. The Kier molecular flexibility index (Phi) is 6.55. The number of benzene rings is 2. The molecule has 0 radical (unpaired) electrons. The van der Waals surface area contributed by atoms with Crippen molar-refractivity contribution in [3.05, 3.63) is 102 Å². The lowest BCUT2D eigenvalue weighted by molar-refractivity contribution is 0.629. The molecule has 1 atom stereocenters. The minimum atomic E-state index is -0.464. The maximum atomic E-state index is 14.1. The number of pyridine rings is 2. The van der Waals surface area contributed by atoms with Crippen LogP contribution in [0.3, 0.4) is 0 Å². The molecule has 0 aliphatic carbocycles. The van der Waals surface area contributed by atoms with Crippen molar-refractivity contribution in [2.24, 2.45) is 5.73 Å². The van der Waals surface area contributed by atoms with Gasteiger partial charge in [0.25, 0.3) is 0 Å². The summed E-state index contributed by atoms with van der Waals surface area (Å²) in [6.45, 7) is 0.576. The van der Waals surface area contributed by atoms with Crippen LogP contribution in [0.1, 0.15) is 5.56 Å². The third-order valence-corrected chi connectivity index (χ3v) is 5.27. The Labute approximate surface area is 185 Å². The van der Waals surface area contributed by atoms with Crippen LogP contribution in [0.15, 0.2) is 85.2 Å². The van der Waals surface area contributed by atoms with Gasteiger partial charge < -0.3 is 11.1 Å². The van der Waals surface area contributed by atoms with E-state index in [-0.39, 0.29) is 11.1 Å². The second kappa shape index (κ2) is 9.69. The first-order valence-corrected chi connectivity index (χ1v) is 10.4. The highest BCUT2D eigenvalue weighted by atomic mass is 35.5. The molecule has 0 saturated carbocycles. The summed E-state index contributed by atoms with van der Waals surface area (Å²) in [5.41, 5.74) is 10.6. The summed E-state index contributed by atoms with van der Waals surface area (Å²) in [5.74, 6) is 0.238. The molecule has 4 rings (SSSR count). The Bertz CT molecular complexity index is 1150. The van der Waals surface area contributed by atoms with E-state index < -0.39 is 5.82 Å². The number of nitrogens with two attached hydrogens (primary N) is 1. The van der Waals surface area contributed by atoms with Crippen molar-refractivity contribution >= 4 is 17.4 Å². The van der Waals surface area contributed by atoms with E-state index in [1.54, 1.807) is 24.5 Å². The lowest BCUT2D eigenvalue weighted by Crippen LogP contribution is -2.31. The molecule has 0 fully saturated rings. The number of aromatic nitrogens is 2. The van der Waals surface area contributed by atoms with E-state index in [0.717, 1.165) is 23.2 Å². The molecule has 2 aromatic carbocycles. The molecular weight excluding hydrogens is 411 g/mol. The predicted octanol–water partition coefficient (Wildman–Crippen LogP) is 5.59. The highest BCUT2D eigenvalue weighted by Crippen LogP contribution is 2.33. The molecule has 0 aliphatic rings. The van der Waals surface area contributed by atoms with E-state index in [9.17, 15) is 4.39 Å². The third kappa shape index (κ3) is 5.26. The van der Waals surface area contributed by atoms with E-state index in [2.05, 4.69) is 22.4 Å². The van der Waals surface area contributed by atoms with Crippen molar-refractivity contribution in [1.29, 1.82) is 0 Å². The van der Waals surface area contributed by atoms with Crippen LogP contribution in [0, 0.1) is 5.82 Å². The normalized spacial score (nSPS) is 11.8. The molecule has 156 valence electrons. The molecule has 0 unspecified atom stereocenters. The fourth-order valence-corrected chi connectivity index (χ4v) is 3.53. The maximum Gasteiger partial charge on any atom is 0.142 e. The Balaban J connectivity index is 1.59. The zero-order chi connectivity index (χ0) is 21.6. The Morgan fingerprint density at radius 2 is 1.71 bits per heavy atom. The average molecular weight is 433 g/mol. The van der Waals surface area contributed by atoms with E-state index in [1.807, 2.05) is 42.5 Å². The van der Waals surface area contributed by atoms with E-state index in [1.165, 1.54) is 11.6 Å². The Morgan fingerprint density at radius 1 is 0.935 bits per heavy atom. The molecular formula is C25H22ClFN4. The highest BCUT2D eigenvalue weighted by molar-refractivity contribution is 6.30. The van der Waals surface area contributed by atoms with Gasteiger partial charge in [0.15, 0.2) is 0 Å². The summed E-state index contributed by atoms with van der Waals surface area (Å²) in [6.07, 6.45) is 4.19. The van der Waals surface area contributed by atoms with Crippen LogP contribution in [0.25, 0.3) is 22.4 Å². The average Bonchev–Trinajstić information content (AvgIpc) is 2.81. The summed E-state index contributed by atoms with van der Waals surface area (Å²) < 4.78 is 14.1. The van der Waals surface area contributed by atoms with Gasteiger partial charge in [-0.25, -0.2) is 9.37 Å². The number of hydrogen-bond acceptors (Lipinski definition) is 4. The molecule has 31 heavy (non-hydrogen) atoms. The van der Waals surface area contributed by atoms with Crippen molar-refractivity contribution < 1.29 is 4.39 Å². The van der Waals surface area contributed by atoms with Gasteiger partial charge in [0.2, 0.25) is 0 Å². The first-order valence-electron chi connectivity index (χ1n) is 10.0. The molecule has 0 spiro atoms. The van der Waals surface area contributed by atoms with Gasteiger partial charge in [-0.1, -0.05) is 48.0 Å². The lowest BCUT2D eigenvalue weighted by atomic mass is 9.99. The van der Waals surface area contributed by atoms with Crippen molar-refractivity contribution in [2.75, 3.05) is 11.9 Å². The molecule has 0 saturated heterocycles.